The summed E-state index contributed by atoms with van der Waals surface area (Å²) in [6.07, 6.45) is 9.61. The summed E-state index contributed by atoms with van der Waals surface area (Å²) in [7, 11) is 0. The van der Waals surface area contributed by atoms with E-state index in [0.29, 0.717) is 0 Å². The van der Waals surface area contributed by atoms with Crippen molar-refractivity contribution < 1.29 is 9.90 Å². The SMILES string of the molecule is CCCCP(Cl)(CCCC)(CCCC)CC(=O)O. The fraction of sp³-hybridized carbons (Fsp3) is 0.929. The van der Waals surface area contributed by atoms with Crippen molar-refractivity contribution in [2.45, 2.75) is 59.3 Å². The van der Waals surface area contributed by atoms with Crippen molar-refractivity contribution in [1.82, 2.24) is 0 Å². The molecule has 0 aliphatic rings. The van der Waals surface area contributed by atoms with E-state index in [1.807, 2.05) is 0 Å². The molecule has 0 bridgehead atoms. The molecule has 18 heavy (non-hydrogen) atoms. The van der Waals surface area contributed by atoms with Gasteiger partial charge < -0.3 is 0 Å². The van der Waals surface area contributed by atoms with Crippen LogP contribution in [0.4, 0.5) is 0 Å². The molecule has 110 valence electrons. The Labute approximate surface area is 117 Å². The molecule has 4 heteroatoms. The second-order valence-corrected chi connectivity index (χ2v) is 13.8. The number of aliphatic carboxylic acids is 1. The van der Waals surface area contributed by atoms with Crippen molar-refractivity contribution >= 4 is 23.2 Å². The van der Waals surface area contributed by atoms with Crippen LogP contribution >= 0.6 is 17.2 Å². The quantitative estimate of drug-likeness (QED) is 0.533. The summed E-state index contributed by atoms with van der Waals surface area (Å²) >= 11 is 7.08. The Morgan fingerprint density at radius 2 is 1.28 bits per heavy atom. The first-order chi connectivity index (χ1) is 8.40. The average Bonchev–Trinajstić information content (AvgIpc) is 2.32. The Balaban J connectivity index is 5.00. The van der Waals surface area contributed by atoms with E-state index >= 15 is 0 Å². The summed E-state index contributed by atoms with van der Waals surface area (Å²) in [6.45, 7) is 6.45. The number of halogens is 1. The zero-order valence-electron chi connectivity index (χ0n) is 12.3. The molecular weight excluding hydrogens is 267 g/mol. The van der Waals surface area contributed by atoms with E-state index < -0.39 is 11.9 Å². The molecule has 0 heterocycles. The van der Waals surface area contributed by atoms with E-state index in [4.69, 9.17) is 11.2 Å². The van der Waals surface area contributed by atoms with Crippen molar-refractivity contribution in [1.29, 1.82) is 0 Å². The van der Waals surface area contributed by atoms with Gasteiger partial charge in [0.25, 0.3) is 0 Å². The van der Waals surface area contributed by atoms with Crippen LogP contribution in [0, 0.1) is 0 Å². The van der Waals surface area contributed by atoms with Crippen molar-refractivity contribution in [3.05, 3.63) is 0 Å². The third kappa shape index (κ3) is 6.38. The number of carboxylic acid groups (broad SMARTS) is 1. The molecule has 0 amide bonds. The van der Waals surface area contributed by atoms with Crippen LogP contribution in [-0.4, -0.2) is 35.7 Å². The number of rotatable bonds is 11. The van der Waals surface area contributed by atoms with Gasteiger partial charge in [0, 0.05) is 0 Å². The van der Waals surface area contributed by atoms with E-state index in [9.17, 15) is 9.90 Å². The van der Waals surface area contributed by atoms with E-state index in [2.05, 4.69) is 20.8 Å². The van der Waals surface area contributed by atoms with Gasteiger partial charge in [0.2, 0.25) is 0 Å². The normalized spacial score (nSPS) is 14.1. The summed E-state index contributed by atoms with van der Waals surface area (Å²) in [5.41, 5.74) is 0. The van der Waals surface area contributed by atoms with Gasteiger partial charge in [0.1, 0.15) is 0 Å². The standard InChI is InChI=1S/C14H30ClO2P/c1-4-7-10-18(15,11-8-5-2,12-9-6-3)13-14(16)17/h4-13H2,1-3H3,(H,16,17). The molecule has 0 radical (unpaired) electrons. The maximum atomic E-state index is 11.3. The Hall–Kier alpha value is 0.190. The van der Waals surface area contributed by atoms with Crippen LogP contribution < -0.4 is 0 Å². The third-order valence-corrected chi connectivity index (χ3v) is 11.0. The summed E-state index contributed by atoms with van der Waals surface area (Å²) in [5, 5.41) is 9.26. The van der Waals surface area contributed by atoms with Gasteiger partial charge in [-0.2, -0.15) is 0 Å². The Kier molecular flexibility index (Phi) is 8.47. The summed E-state index contributed by atoms with van der Waals surface area (Å²) in [6, 6.07) is 0. The van der Waals surface area contributed by atoms with Crippen LogP contribution in [0.25, 0.3) is 0 Å². The maximum absolute atomic E-state index is 11.3. The van der Waals surface area contributed by atoms with Gasteiger partial charge in [0.05, 0.1) is 0 Å². The number of carbonyl (C=O) groups is 1. The van der Waals surface area contributed by atoms with Crippen molar-refractivity contribution in [3.8, 4) is 0 Å². The molecule has 0 aromatic heterocycles. The van der Waals surface area contributed by atoms with Gasteiger partial charge >= 0.3 is 117 Å². The zero-order chi connectivity index (χ0) is 14.1. The first-order valence-corrected chi connectivity index (χ1v) is 11.2. The molecule has 0 aliphatic heterocycles. The fourth-order valence-corrected chi connectivity index (χ4v) is 9.09. The second-order valence-electron chi connectivity index (χ2n) is 5.60. The van der Waals surface area contributed by atoms with Crippen LogP contribution in [0.5, 0.6) is 0 Å². The van der Waals surface area contributed by atoms with Gasteiger partial charge in [-0.05, 0) is 0 Å². The van der Waals surface area contributed by atoms with Gasteiger partial charge in [0.15, 0.2) is 0 Å². The van der Waals surface area contributed by atoms with Gasteiger partial charge in [-0.15, -0.1) is 0 Å². The fourth-order valence-electron chi connectivity index (χ4n) is 2.57. The summed E-state index contributed by atoms with van der Waals surface area (Å²) in [5.74, 6) is -3.23. The predicted octanol–water partition coefficient (Wildman–Crippen LogP) is 5.18. The Bertz CT molecular complexity index is 232. The predicted molar refractivity (Wildman–Crippen MR) is 84.6 cm³/mol. The van der Waals surface area contributed by atoms with Crippen LogP contribution in [-0.2, 0) is 4.79 Å². The molecule has 0 aromatic rings. The average molecular weight is 297 g/mol. The molecule has 0 saturated heterocycles. The number of carboxylic acids is 1. The summed E-state index contributed by atoms with van der Waals surface area (Å²) in [4.78, 5) is 11.3. The molecule has 0 aliphatic carbocycles. The van der Waals surface area contributed by atoms with Crippen molar-refractivity contribution in [2.75, 3.05) is 24.6 Å². The Morgan fingerprint density at radius 3 is 1.50 bits per heavy atom. The molecule has 0 saturated carbocycles. The number of hydrogen-bond acceptors (Lipinski definition) is 1. The van der Waals surface area contributed by atoms with Crippen LogP contribution in [0.1, 0.15) is 59.3 Å². The van der Waals surface area contributed by atoms with Gasteiger partial charge in [-0.3, -0.25) is 0 Å². The molecule has 0 unspecified atom stereocenters. The second kappa shape index (κ2) is 8.38. The monoisotopic (exact) mass is 296 g/mol. The van der Waals surface area contributed by atoms with Crippen LogP contribution in [0.2, 0.25) is 0 Å². The van der Waals surface area contributed by atoms with E-state index in [1.54, 1.807) is 0 Å². The Morgan fingerprint density at radius 1 is 0.944 bits per heavy atom. The molecular formula is C14H30ClO2P. The molecule has 1 N–H and O–H groups in total. The van der Waals surface area contributed by atoms with Crippen molar-refractivity contribution in [3.63, 3.8) is 0 Å². The molecule has 0 rings (SSSR count). The van der Waals surface area contributed by atoms with Gasteiger partial charge in [-0.25, -0.2) is 0 Å². The summed E-state index contributed by atoms with van der Waals surface area (Å²) < 4.78 is 0. The van der Waals surface area contributed by atoms with E-state index in [0.717, 1.165) is 57.0 Å². The molecule has 0 spiro atoms. The topological polar surface area (TPSA) is 37.3 Å². The van der Waals surface area contributed by atoms with E-state index in [-0.39, 0.29) is 6.16 Å². The molecule has 0 atom stereocenters. The van der Waals surface area contributed by atoms with Gasteiger partial charge in [-0.1, -0.05) is 0 Å². The molecule has 0 aromatic carbocycles. The minimum atomic E-state index is -2.53. The third-order valence-electron chi connectivity index (χ3n) is 3.74. The van der Waals surface area contributed by atoms with Crippen LogP contribution in [0.15, 0.2) is 0 Å². The van der Waals surface area contributed by atoms with Crippen LogP contribution in [0.3, 0.4) is 0 Å². The van der Waals surface area contributed by atoms with E-state index in [1.165, 1.54) is 0 Å². The molecule has 2 nitrogen and oxygen atoms in total. The zero-order valence-corrected chi connectivity index (χ0v) is 13.9. The first-order valence-electron chi connectivity index (χ1n) is 7.34. The minimum absolute atomic E-state index is 0.229. The first kappa shape index (κ1) is 18.2. The number of unbranched alkanes of at least 4 members (excludes halogenated alkanes) is 3. The number of hydrogen-bond donors (Lipinski definition) is 1. The molecule has 0 fully saturated rings. The van der Waals surface area contributed by atoms with Crippen molar-refractivity contribution in [2.24, 2.45) is 0 Å².